The van der Waals surface area contributed by atoms with Crippen LogP contribution < -0.4 is 29.6 Å². The molecule has 0 aliphatic heterocycles. The van der Waals surface area contributed by atoms with Crippen molar-refractivity contribution in [2.45, 2.75) is 4.90 Å². The first kappa shape index (κ1) is 11.1. The van der Waals surface area contributed by atoms with Gasteiger partial charge in [0.1, 0.15) is 0 Å². The Balaban J connectivity index is 0.000001000. The topological polar surface area (TPSA) is 54.4 Å². The van der Waals surface area contributed by atoms with Crippen molar-refractivity contribution in [2.24, 2.45) is 0 Å². The molecule has 0 aromatic heterocycles. The maximum atomic E-state index is 10.4. The predicted octanol–water partition coefficient (Wildman–Crippen LogP) is -2.26. The average molecular weight is 180 g/mol. The molecule has 54 valence electrons. The average Bonchev–Trinajstić information content (AvgIpc) is 1.88. The smallest absolute Gasteiger partial charge is 0.283 e. The molecule has 3 nitrogen and oxygen atoms in total. The van der Waals surface area contributed by atoms with Crippen LogP contribution in [0.25, 0.3) is 0 Å². The van der Waals surface area contributed by atoms with E-state index in [0.29, 0.717) is 0 Å². The fourth-order valence-corrected chi connectivity index (χ4v) is 1.02. The molecule has 11 heavy (non-hydrogen) atoms. The summed E-state index contributed by atoms with van der Waals surface area (Å²) in [6.45, 7) is 0. The van der Waals surface area contributed by atoms with Crippen LogP contribution in [-0.4, -0.2) is 13.0 Å². The van der Waals surface area contributed by atoms with Gasteiger partial charge < -0.3 is 0 Å². The first-order valence-electron chi connectivity index (χ1n) is 2.54. The van der Waals surface area contributed by atoms with E-state index in [1.165, 1.54) is 24.3 Å². The van der Waals surface area contributed by atoms with Crippen LogP contribution in [0.15, 0.2) is 29.2 Å². The molecule has 5 heteroatoms. The van der Waals surface area contributed by atoms with Gasteiger partial charge in [0.25, 0.3) is 10.1 Å². The zero-order valence-electron chi connectivity index (χ0n) is 5.98. The molecule has 0 spiro atoms. The van der Waals surface area contributed by atoms with E-state index in [1.807, 2.05) is 0 Å². The summed E-state index contributed by atoms with van der Waals surface area (Å²) in [4.78, 5) is -0.105. The second-order valence-electron chi connectivity index (χ2n) is 1.71. The molecule has 1 N–H and O–H groups in total. The summed E-state index contributed by atoms with van der Waals surface area (Å²) in [5.41, 5.74) is 0. The van der Waals surface area contributed by atoms with Crippen molar-refractivity contribution in [3.05, 3.63) is 30.3 Å². The third-order valence-corrected chi connectivity index (χ3v) is 1.85. The van der Waals surface area contributed by atoms with Crippen LogP contribution in [-0.2, 0) is 10.1 Å². The van der Waals surface area contributed by atoms with E-state index in [4.69, 9.17) is 4.55 Å². The van der Waals surface area contributed by atoms with Gasteiger partial charge in [-0.25, -0.2) is 0 Å². The molecule has 1 aromatic carbocycles. The van der Waals surface area contributed by atoms with E-state index in [1.54, 1.807) is 0 Å². The summed E-state index contributed by atoms with van der Waals surface area (Å²) in [6, 6.07) is 8.02. The molecule has 0 fully saturated rings. The van der Waals surface area contributed by atoms with E-state index >= 15 is 0 Å². The van der Waals surface area contributed by atoms with E-state index in [0.717, 1.165) is 0 Å². The Kier molecular flexibility index (Phi) is 4.28. The molecule has 0 amide bonds. The minimum atomic E-state index is -4.02. The first-order valence-corrected chi connectivity index (χ1v) is 3.98. The number of benzene rings is 1. The third-order valence-electron chi connectivity index (χ3n) is 0.986. The molecule has 0 saturated heterocycles. The van der Waals surface area contributed by atoms with Gasteiger partial charge >= 0.3 is 29.6 Å². The van der Waals surface area contributed by atoms with Gasteiger partial charge in [0.2, 0.25) is 0 Å². The molecule has 0 heterocycles. The van der Waals surface area contributed by atoms with E-state index in [-0.39, 0.29) is 34.5 Å². The van der Waals surface area contributed by atoms with Crippen LogP contribution in [0, 0.1) is 6.07 Å². The predicted molar refractivity (Wildman–Crippen MR) is 35.1 cm³/mol. The van der Waals surface area contributed by atoms with Crippen molar-refractivity contribution in [3.63, 3.8) is 0 Å². The van der Waals surface area contributed by atoms with Crippen LogP contribution in [0.4, 0.5) is 0 Å². The van der Waals surface area contributed by atoms with Crippen molar-refractivity contribution >= 4 is 10.1 Å². The van der Waals surface area contributed by atoms with E-state index < -0.39 is 10.1 Å². The maximum absolute atomic E-state index is 10.4. The molecule has 0 bridgehead atoms. The Labute approximate surface area is 87.5 Å². The summed E-state index contributed by atoms with van der Waals surface area (Å²) >= 11 is 0. The Morgan fingerprint density at radius 3 is 2.00 bits per heavy atom. The largest absolute Gasteiger partial charge is 1.00 e. The van der Waals surface area contributed by atoms with Gasteiger partial charge in [-0.2, -0.15) is 26.6 Å². The second-order valence-corrected chi connectivity index (χ2v) is 3.13. The summed E-state index contributed by atoms with van der Waals surface area (Å²) in [7, 11) is -4.02. The molecule has 0 aliphatic carbocycles. The molecular formula is C6H5NaO3S. The fourth-order valence-electron chi connectivity index (χ4n) is 0.544. The van der Waals surface area contributed by atoms with E-state index in [9.17, 15) is 8.42 Å². The van der Waals surface area contributed by atoms with Crippen molar-refractivity contribution in [2.75, 3.05) is 0 Å². The van der Waals surface area contributed by atoms with Crippen molar-refractivity contribution in [1.82, 2.24) is 0 Å². The quantitative estimate of drug-likeness (QED) is 0.301. The standard InChI is InChI=1S/C6H5O3S.Na/c7-10(8,9)6-4-2-1-3-5-6;/h2-5H,(H,7,8,9);/q-1;+1. The number of hydrogen-bond acceptors (Lipinski definition) is 2. The normalized spacial score (nSPS) is 10.3. The van der Waals surface area contributed by atoms with Crippen LogP contribution in [0.3, 0.4) is 0 Å². The molecule has 0 unspecified atom stereocenters. The summed E-state index contributed by atoms with van der Waals surface area (Å²) in [5.74, 6) is 0. The van der Waals surface area contributed by atoms with Gasteiger partial charge in [-0.3, -0.25) is 4.55 Å². The fraction of sp³-hybridized carbons (Fsp3) is 0. The van der Waals surface area contributed by atoms with Crippen LogP contribution >= 0.6 is 0 Å². The molecule has 0 saturated carbocycles. The molecule has 1 rings (SSSR count). The zero-order valence-corrected chi connectivity index (χ0v) is 8.80. The molecule has 0 radical (unpaired) electrons. The molecular weight excluding hydrogens is 175 g/mol. The monoisotopic (exact) mass is 180 g/mol. The van der Waals surface area contributed by atoms with Gasteiger partial charge in [-0.1, -0.05) is 0 Å². The SMILES string of the molecule is O=S(=O)(O)c1cc[c-]cc1.[Na+]. The Morgan fingerprint density at radius 1 is 1.27 bits per heavy atom. The van der Waals surface area contributed by atoms with Crippen molar-refractivity contribution < 1.29 is 42.5 Å². The van der Waals surface area contributed by atoms with Gasteiger partial charge in [0.15, 0.2) is 0 Å². The Morgan fingerprint density at radius 2 is 1.73 bits per heavy atom. The van der Waals surface area contributed by atoms with Crippen LogP contribution in [0.2, 0.25) is 0 Å². The summed E-state index contributed by atoms with van der Waals surface area (Å²) in [6.07, 6.45) is 0. The minimum Gasteiger partial charge on any atom is -0.283 e. The number of hydrogen-bond donors (Lipinski definition) is 1. The molecule has 1 aromatic rings. The van der Waals surface area contributed by atoms with E-state index in [2.05, 4.69) is 6.07 Å². The van der Waals surface area contributed by atoms with Gasteiger partial charge in [-0.15, -0.1) is 12.1 Å². The second kappa shape index (κ2) is 4.23. The van der Waals surface area contributed by atoms with Crippen molar-refractivity contribution in [3.8, 4) is 0 Å². The first-order chi connectivity index (χ1) is 4.61. The Bertz CT molecular complexity index is 306. The Hall–Kier alpha value is 0.130. The maximum Gasteiger partial charge on any atom is 1.00 e. The van der Waals surface area contributed by atoms with Crippen LogP contribution in [0.1, 0.15) is 0 Å². The molecule has 0 atom stereocenters. The molecule has 0 aliphatic rings. The zero-order chi connectivity index (χ0) is 7.61. The van der Waals surface area contributed by atoms with Gasteiger partial charge in [-0.05, 0) is 4.90 Å². The third kappa shape index (κ3) is 3.35. The van der Waals surface area contributed by atoms with Crippen molar-refractivity contribution in [1.29, 1.82) is 0 Å². The summed E-state index contributed by atoms with van der Waals surface area (Å²) < 4.78 is 29.2. The minimum absolute atomic E-state index is 0. The van der Waals surface area contributed by atoms with Gasteiger partial charge in [0.05, 0.1) is 0 Å². The summed E-state index contributed by atoms with van der Waals surface area (Å²) in [5, 5.41) is 0. The van der Waals surface area contributed by atoms with Gasteiger partial charge in [0, 0.05) is 0 Å². The van der Waals surface area contributed by atoms with Crippen LogP contribution in [0.5, 0.6) is 0 Å². The number of rotatable bonds is 1.